The van der Waals surface area contributed by atoms with Gasteiger partial charge < -0.3 is 25.3 Å². The van der Waals surface area contributed by atoms with Gasteiger partial charge in [-0.1, -0.05) is 0 Å². The molecule has 1 aliphatic heterocycles. The molecule has 3 N–H and O–H groups in total. The van der Waals surface area contributed by atoms with Crippen LogP contribution in [0.25, 0.3) is 5.65 Å². The average molecular weight is 445 g/mol. The minimum absolute atomic E-state index is 0.0117. The molecule has 0 aromatic carbocycles. The molecule has 1 saturated heterocycles. The lowest BCUT2D eigenvalue weighted by molar-refractivity contribution is -0.102. The van der Waals surface area contributed by atoms with Crippen molar-refractivity contribution in [1.82, 2.24) is 24.5 Å². The molecular weight excluding hydrogens is 424 g/mol. The zero-order valence-electron chi connectivity index (χ0n) is 17.1. The number of carbonyl (C=O) groups is 1. The van der Waals surface area contributed by atoms with Crippen molar-refractivity contribution in [3.63, 3.8) is 0 Å². The van der Waals surface area contributed by atoms with Crippen LogP contribution in [0, 0.1) is 0 Å². The fourth-order valence-electron chi connectivity index (χ4n) is 3.70. The van der Waals surface area contributed by atoms with E-state index in [1.54, 1.807) is 36.0 Å². The molecule has 2 aliphatic rings. The molecule has 5 rings (SSSR count). The Labute approximate surface area is 180 Å². The molecule has 1 unspecified atom stereocenters. The Balaban J connectivity index is 1.47. The van der Waals surface area contributed by atoms with E-state index in [4.69, 9.17) is 4.74 Å². The summed E-state index contributed by atoms with van der Waals surface area (Å²) in [5.74, 6) is -2.80. The third-order valence-corrected chi connectivity index (χ3v) is 5.81. The second kappa shape index (κ2) is 7.55. The Hall–Kier alpha value is -3.54. The maximum atomic E-state index is 13.6. The maximum absolute atomic E-state index is 13.6. The molecule has 4 heterocycles. The second-order valence-corrected chi connectivity index (χ2v) is 7.85. The molecule has 3 aromatic rings. The fraction of sp³-hybridized carbons (Fsp3) is 0.400. The number of amides is 1. The Morgan fingerprint density at radius 3 is 2.78 bits per heavy atom. The normalized spacial score (nSPS) is 19.8. The number of nitrogens with zero attached hydrogens (tertiary/aromatic N) is 4. The topological polar surface area (TPSA) is 115 Å². The van der Waals surface area contributed by atoms with Gasteiger partial charge in [-0.05, 0) is 18.6 Å². The fourth-order valence-corrected chi connectivity index (χ4v) is 3.70. The van der Waals surface area contributed by atoms with Gasteiger partial charge in [-0.15, -0.1) is 0 Å². The summed E-state index contributed by atoms with van der Waals surface area (Å²) in [6, 6.07) is 3.79. The summed E-state index contributed by atoms with van der Waals surface area (Å²) in [4.78, 5) is 29.9. The van der Waals surface area contributed by atoms with Gasteiger partial charge in [0.05, 0.1) is 31.5 Å². The summed E-state index contributed by atoms with van der Waals surface area (Å²) in [5, 5.41) is 12.5. The molecule has 3 aromatic heterocycles. The zero-order valence-corrected chi connectivity index (χ0v) is 17.1. The van der Waals surface area contributed by atoms with Crippen LogP contribution in [0.15, 0.2) is 35.4 Å². The summed E-state index contributed by atoms with van der Waals surface area (Å²) in [6.45, 7) is 0.956. The number of pyridine rings is 1. The summed E-state index contributed by atoms with van der Waals surface area (Å²) < 4.78 is 35.3. The third-order valence-electron chi connectivity index (χ3n) is 5.81. The first kappa shape index (κ1) is 20.4. The lowest BCUT2D eigenvalue weighted by Crippen LogP contribution is -2.55. The number of halogens is 2. The molecule has 1 saturated carbocycles. The number of rotatable bonds is 6. The van der Waals surface area contributed by atoms with Crippen molar-refractivity contribution in [3.05, 3.63) is 46.5 Å². The molecule has 1 amide bonds. The third kappa shape index (κ3) is 3.36. The molecule has 32 heavy (non-hydrogen) atoms. The van der Waals surface area contributed by atoms with Crippen molar-refractivity contribution in [1.29, 1.82) is 0 Å². The average Bonchev–Trinajstić information content (AvgIpc) is 3.16. The first-order valence-electron chi connectivity index (χ1n) is 10.2. The Morgan fingerprint density at radius 2 is 2.16 bits per heavy atom. The molecule has 1 aliphatic carbocycles. The van der Waals surface area contributed by atoms with Gasteiger partial charge in [-0.2, -0.15) is 9.61 Å². The number of fused-ring (bicyclic) bond motifs is 1. The predicted molar refractivity (Wildman–Crippen MR) is 112 cm³/mol. The predicted octanol–water partition coefficient (Wildman–Crippen LogP) is 1.78. The van der Waals surface area contributed by atoms with Crippen LogP contribution in [0.1, 0.15) is 29.2 Å². The van der Waals surface area contributed by atoms with Crippen molar-refractivity contribution in [2.45, 2.75) is 30.8 Å². The highest BCUT2D eigenvalue weighted by Crippen LogP contribution is 2.37. The van der Waals surface area contributed by atoms with Crippen LogP contribution >= 0.6 is 0 Å². The number of carbonyl (C=O) groups excluding carboxylic acids is 1. The largest absolute Gasteiger partial charge is 0.377 e. The summed E-state index contributed by atoms with van der Waals surface area (Å²) in [7, 11) is 1.67. The van der Waals surface area contributed by atoms with Crippen LogP contribution in [-0.2, 0) is 4.74 Å². The van der Waals surface area contributed by atoms with Gasteiger partial charge >= 0.3 is 0 Å². The molecule has 0 radical (unpaired) electrons. The van der Waals surface area contributed by atoms with Gasteiger partial charge in [0.2, 0.25) is 0 Å². The van der Waals surface area contributed by atoms with Gasteiger partial charge in [-0.3, -0.25) is 9.59 Å². The van der Waals surface area contributed by atoms with Crippen molar-refractivity contribution < 1.29 is 18.3 Å². The standard InChI is InChI=1S/C20H21F2N7O3/c1-23-16-7-15(25-13-3-2-6-28(19(13)31)11-9-32-10-11)27-17-12(8-24-29(16)17)18(30)26-14-4-5-20(14,21)22/h2-3,6-8,11,14,23H,4-5,9-10H2,1H3,(H,25,27)(H,26,30). The van der Waals surface area contributed by atoms with E-state index in [0.29, 0.717) is 30.5 Å². The summed E-state index contributed by atoms with van der Waals surface area (Å²) in [6.07, 6.45) is 2.95. The van der Waals surface area contributed by atoms with Crippen LogP contribution in [0.3, 0.4) is 0 Å². The number of alkyl halides is 2. The maximum Gasteiger partial charge on any atom is 0.274 e. The quantitative estimate of drug-likeness (QED) is 0.530. The van der Waals surface area contributed by atoms with E-state index in [1.807, 2.05) is 0 Å². The van der Waals surface area contributed by atoms with Gasteiger partial charge in [-0.25, -0.2) is 13.8 Å². The van der Waals surface area contributed by atoms with Gasteiger partial charge in [0.25, 0.3) is 17.4 Å². The van der Waals surface area contributed by atoms with Crippen molar-refractivity contribution in [3.8, 4) is 0 Å². The van der Waals surface area contributed by atoms with E-state index < -0.39 is 17.9 Å². The van der Waals surface area contributed by atoms with Crippen LogP contribution in [0.2, 0.25) is 0 Å². The van der Waals surface area contributed by atoms with Gasteiger partial charge in [0.1, 0.15) is 22.9 Å². The van der Waals surface area contributed by atoms with E-state index >= 15 is 0 Å². The molecule has 12 heteroatoms. The molecule has 10 nitrogen and oxygen atoms in total. The highest BCUT2D eigenvalue weighted by molar-refractivity contribution is 6.00. The van der Waals surface area contributed by atoms with Crippen molar-refractivity contribution in [2.24, 2.45) is 0 Å². The van der Waals surface area contributed by atoms with E-state index in [-0.39, 0.29) is 35.7 Å². The molecular formula is C20H21F2N7O3. The summed E-state index contributed by atoms with van der Waals surface area (Å²) in [5.41, 5.74) is 0.304. The van der Waals surface area contributed by atoms with Crippen LogP contribution in [0.5, 0.6) is 0 Å². The Kier molecular flexibility index (Phi) is 4.81. The molecule has 0 spiro atoms. The Morgan fingerprint density at radius 1 is 1.34 bits per heavy atom. The van der Waals surface area contributed by atoms with E-state index in [9.17, 15) is 18.4 Å². The number of hydrogen-bond acceptors (Lipinski definition) is 7. The molecule has 168 valence electrons. The SMILES string of the molecule is CNc1cc(Nc2cccn(C3COC3)c2=O)nc2c(C(=O)NC3CCC3(F)F)cnn12. The van der Waals surface area contributed by atoms with E-state index in [1.165, 1.54) is 10.7 Å². The number of anilines is 3. The number of hydrogen-bond donors (Lipinski definition) is 3. The minimum atomic E-state index is -2.91. The highest BCUT2D eigenvalue weighted by Gasteiger charge is 2.49. The smallest absolute Gasteiger partial charge is 0.274 e. The monoisotopic (exact) mass is 445 g/mol. The van der Waals surface area contributed by atoms with E-state index in [0.717, 1.165) is 0 Å². The van der Waals surface area contributed by atoms with Crippen molar-refractivity contribution in [2.75, 3.05) is 30.9 Å². The lowest BCUT2D eigenvalue weighted by Gasteiger charge is -2.36. The number of nitrogens with one attached hydrogen (secondary N) is 3. The first-order valence-corrected chi connectivity index (χ1v) is 10.2. The summed E-state index contributed by atoms with van der Waals surface area (Å²) >= 11 is 0. The molecule has 1 atom stereocenters. The van der Waals surface area contributed by atoms with Gasteiger partial charge in [0.15, 0.2) is 5.65 Å². The molecule has 0 bridgehead atoms. The number of aromatic nitrogens is 4. The second-order valence-electron chi connectivity index (χ2n) is 7.85. The van der Waals surface area contributed by atoms with Crippen LogP contribution in [0.4, 0.5) is 26.1 Å². The lowest BCUT2D eigenvalue weighted by atomic mass is 9.88. The zero-order chi connectivity index (χ0) is 22.5. The van der Waals surface area contributed by atoms with Crippen molar-refractivity contribution >= 4 is 28.9 Å². The van der Waals surface area contributed by atoms with Crippen LogP contribution < -0.4 is 21.5 Å². The minimum Gasteiger partial charge on any atom is -0.377 e. The Bertz CT molecular complexity index is 1250. The van der Waals surface area contributed by atoms with E-state index in [2.05, 4.69) is 26.0 Å². The van der Waals surface area contributed by atoms with Crippen LogP contribution in [-0.4, -0.2) is 57.3 Å². The highest BCUT2D eigenvalue weighted by atomic mass is 19.3. The molecule has 2 fully saturated rings. The van der Waals surface area contributed by atoms with Gasteiger partial charge in [0, 0.05) is 25.7 Å². The first-order chi connectivity index (χ1) is 15.4. The number of ether oxygens (including phenoxy) is 1.